The maximum absolute atomic E-state index is 13.9. The molecule has 0 saturated heterocycles. The Morgan fingerprint density at radius 3 is 1.36 bits per heavy atom. The van der Waals surface area contributed by atoms with Crippen molar-refractivity contribution in [2.75, 3.05) is 4.90 Å². The SMILES string of the molecule is O=S1(=O)C(c2ccccc2)=CC=C1c1ccc(N(c2ccc(-c3ccc4ccccc4c3)cc2)c2ccc3c(c2)C2(c4ccccc4-c4ccccc42)c2ccccc2-3)cc1. The van der Waals surface area contributed by atoms with Crippen LogP contribution in [0, 0.1) is 0 Å². The number of fused-ring (bicyclic) bond motifs is 11. The molecule has 1 heterocycles. The van der Waals surface area contributed by atoms with Gasteiger partial charge >= 0.3 is 0 Å². The molecule has 12 rings (SSSR count). The highest BCUT2D eigenvalue weighted by Crippen LogP contribution is 2.63. The average Bonchev–Trinajstić information content (AvgIpc) is 3.92. The van der Waals surface area contributed by atoms with E-state index in [9.17, 15) is 8.42 Å². The minimum atomic E-state index is -3.70. The van der Waals surface area contributed by atoms with Gasteiger partial charge in [0.1, 0.15) is 0 Å². The monoisotopic (exact) mass is 799 g/mol. The Kier molecular flexibility index (Phi) is 7.84. The van der Waals surface area contributed by atoms with Crippen LogP contribution in [-0.4, -0.2) is 8.42 Å². The largest absolute Gasteiger partial charge is 0.310 e. The number of benzene rings is 9. The minimum Gasteiger partial charge on any atom is -0.310 e. The normalized spacial score (nSPS) is 14.8. The number of sulfone groups is 1. The van der Waals surface area contributed by atoms with Crippen LogP contribution in [0.4, 0.5) is 17.1 Å². The summed E-state index contributed by atoms with van der Waals surface area (Å²) in [6.45, 7) is 0. The first-order valence-corrected chi connectivity index (χ1v) is 22.1. The third kappa shape index (κ3) is 5.26. The molecule has 1 aliphatic heterocycles. The first-order chi connectivity index (χ1) is 30.0. The maximum atomic E-state index is 13.9. The summed E-state index contributed by atoms with van der Waals surface area (Å²) >= 11 is 0. The molecule has 0 bridgehead atoms. The van der Waals surface area contributed by atoms with Crippen LogP contribution >= 0.6 is 0 Å². The van der Waals surface area contributed by atoms with Crippen molar-refractivity contribution in [1.29, 1.82) is 0 Å². The Bertz CT molecular complexity index is 3350. The molecule has 61 heavy (non-hydrogen) atoms. The summed E-state index contributed by atoms with van der Waals surface area (Å²) in [4.78, 5) is 2.92. The summed E-state index contributed by atoms with van der Waals surface area (Å²) in [5.41, 5.74) is 16.2. The van der Waals surface area contributed by atoms with Crippen LogP contribution in [0.3, 0.4) is 0 Å². The van der Waals surface area contributed by atoms with Gasteiger partial charge in [-0.1, -0.05) is 170 Å². The van der Waals surface area contributed by atoms with Gasteiger partial charge in [0.15, 0.2) is 0 Å². The van der Waals surface area contributed by atoms with Crippen LogP contribution < -0.4 is 4.90 Å². The van der Waals surface area contributed by atoms with E-state index in [-0.39, 0.29) is 0 Å². The molecule has 0 radical (unpaired) electrons. The van der Waals surface area contributed by atoms with E-state index in [4.69, 9.17) is 0 Å². The summed E-state index contributed by atoms with van der Waals surface area (Å²) < 4.78 is 27.9. The highest BCUT2D eigenvalue weighted by atomic mass is 32.2. The summed E-state index contributed by atoms with van der Waals surface area (Å²) in [7, 11) is -3.70. The van der Waals surface area contributed by atoms with Crippen LogP contribution in [0.2, 0.25) is 0 Å². The second kappa shape index (κ2) is 13.5. The predicted molar refractivity (Wildman–Crippen MR) is 252 cm³/mol. The van der Waals surface area contributed by atoms with Gasteiger partial charge in [-0.15, -0.1) is 0 Å². The van der Waals surface area contributed by atoms with Gasteiger partial charge in [0.25, 0.3) is 0 Å². The highest BCUT2D eigenvalue weighted by Gasteiger charge is 2.51. The maximum Gasteiger partial charge on any atom is 0.207 e. The second-order valence-corrected chi connectivity index (χ2v) is 17.9. The number of allylic oxidation sites excluding steroid dienone is 2. The molecular formula is C57H37NO2S. The van der Waals surface area contributed by atoms with E-state index in [2.05, 4.69) is 163 Å². The van der Waals surface area contributed by atoms with Crippen LogP contribution in [-0.2, 0) is 15.3 Å². The van der Waals surface area contributed by atoms with Crippen molar-refractivity contribution >= 4 is 47.5 Å². The van der Waals surface area contributed by atoms with E-state index in [0.717, 1.165) is 28.2 Å². The second-order valence-electron chi connectivity index (χ2n) is 16.0. The fraction of sp³-hybridized carbons (Fsp3) is 0.0175. The smallest absolute Gasteiger partial charge is 0.207 e. The topological polar surface area (TPSA) is 37.4 Å². The standard InChI is InChI=1S/C57H37NO2S/c59-61(60)55(40-13-2-1-3-14-40)34-35-56(61)41-26-30-45(31-27-41)58(44-28-24-39(25-29-44)43-23-22-38-12-4-5-15-42(38)36-43)46-32-33-50-49-18-8-11-21-53(49)57(54(50)37-46)51-19-9-6-16-47(51)48-17-7-10-20-52(48)57/h1-37H. The molecule has 9 aromatic rings. The van der Waals surface area contributed by atoms with Crippen molar-refractivity contribution in [2.24, 2.45) is 0 Å². The van der Waals surface area contributed by atoms with Crippen molar-refractivity contribution in [3.63, 3.8) is 0 Å². The Morgan fingerprint density at radius 2 is 0.770 bits per heavy atom. The average molecular weight is 800 g/mol. The van der Waals surface area contributed by atoms with Crippen molar-refractivity contribution in [3.05, 3.63) is 258 Å². The Balaban J connectivity index is 1.01. The number of anilines is 3. The minimum absolute atomic E-state index is 0.306. The number of nitrogens with zero attached hydrogens (tertiary/aromatic N) is 1. The first-order valence-electron chi connectivity index (χ1n) is 20.7. The van der Waals surface area contributed by atoms with Crippen LogP contribution in [0.1, 0.15) is 33.4 Å². The molecule has 9 aromatic carbocycles. The molecule has 1 spiro atoms. The Morgan fingerprint density at radius 1 is 0.328 bits per heavy atom. The van der Waals surface area contributed by atoms with Crippen molar-refractivity contribution in [2.45, 2.75) is 5.41 Å². The van der Waals surface area contributed by atoms with Gasteiger partial charge in [-0.05, 0) is 132 Å². The molecule has 0 fully saturated rings. The Hall–Kier alpha value is -7.53. The van der Waals surface area contributed by atoms with Crippen molar-refractivity contribution < 1.29 is 8.42 Å². The number of hydrogen-bond donors (Lipinski definition) is 0. The van der Waals surface area contributed by atoms with E-state index >= 15 is 0 Å². The zero-order chi connectivity index (χ0) is 40.7. The molecule has 0 saturated carbocycles. The lowest BCUT2D eigenvalue weighted by atomic mass is 9.70. The molecule has 0 atom stereocenters. The highest BCUT2D eigenvalue weighted by molar-refractivity contribution is 8.09. The number of hydrogen-bond acceptors (Lipinski definition) is 3. The van der Waals surface area contributed by atoms with Gasteiger partial charge in [0, 0.05) is 17.1 Å². The summed E-state index contributed by atoms with van der Waals surface area (Å²) in [6, 6.07) is 74.7. The van der Waals surface area contributed by atoms with E-state index in [0.29, 0.717) is 20.9 Å². The van der Waals surface area contributed by atoms with Gasteiger partial charge in [0.2, 0.25) is 9.84 Å². The summed E-state index contributed by atoms with van der Waals surface area (Å²) in [5, 5.41) is 2.43. The molecule has 2 aliphatic carbocycles. The predicted octanol–water partition coefficient (Wildman–Crippen LogP) is 14.1. The zero-order valence-corrected chi connectivity index (χ0v) is 33.9. The molecule has 3 nitrogen and oxygen atoms in total. The van der Waals surface area contributed by atoms with E-state index < -0.39 is 15.3 Å². The molecule has 288 valence electrons. The first kappa shape index (κ1) is 35.4. The van der Waals surface area contributed by atoms with Gasteiger partial charge in [0.05, 0.1) is 15.2 Å². The lowest BCUT2D eigenvalue weighted by Gasteiger charge is -2.32. The van der Waals surface area contributed by atoms with Crippen LogP contribution in [0.5, 0.6) is 0 Å². The van der Waals surface area contributed by atoms with Crippen LogP contribution in [0.25, 0.3) is 54.0 Å². The fourth-order valence-electron chi connectivity index (χ4n) is 10.2. The molecule has 4 heteroatoms. The third-order valence-electron chi connectivity index (χ3n) is 12.9. The molecule has 0 unspecified atom stereocenters. The fourth-order valence-corrected chi connectivity index (χ4v) is 11.8. The lowest BCUT2D eigenvalue weighted by Crippen LogP contribution is -2.26. The van der Waals surface area contributed by atoms with Gasteiger partial charge in [-0.2, -0.15) is 0 Å². The van der Waals surface area contributed by atoms with Crippen LogP contribution in [0.15, 0.2) is 224 Å². The van der Waals surface area contributed by atoms with Gasteiger partial charge < -0.3 is 4.90 Å². The van der Waals surface area contributed by atoms with Gasteiger partial charge in [-0.25, -0.2) is 8.42 Å². The van der Waals surface area contributed by atoms with E-state index in [1.807, 2.05) is 54.6 Å². The summed E-state index contributed by atoms with van der Waals surface area (Å²) in [6.07, 6.45) is 3.44. The molecular weight excluding hydrogens is 763 g/mol. The number of rotatable bonds is 6. The molecule has 3 aliphatic rings. The lowest BCUT2D eigenvalue weighted by molar-refractivity contribution is 0.615. The molecule has 0 N–H and O–H groups in total. The zero-order valence-electron chi connectivity index (χ0n) is 33.0. The third-order valence-corrected chi connectivity index (χ3v) is 14.8. The molecule has 0 amide bonds. The Labute approximate surface area is 355 Å². The summed E-state index contributed by atoms with van der Waals surface area (Å²) in [5.74, 6) is 0. The quantitative estimate of drug-likeness (QED) is 0.168. The van der Waals surface area contributed by atoms with E-state index in [1.165, 1.54) is 55.3 Å². The van der Waals surface area contributed by atoms with Gasteiger partial charge in [-0.3, -0.25) is 0 Å². The van der Waals surface area contributed by atoms with E-state index in [1.54, 1.807) is 12.2 Å². The van der Waals surface area contributed by atoms with Crippen molar-refractivity contribution in [3.8, 4) is 33.4 Å². The molecule has 0 aromatic heterocycles. The van der Waals surface area contributed by atoms with Crippen molar-refractivity contribution in [1.82, 2.24) is 0 Å².